The van der Waals surface area contributed by atoms with Crippen molar-refractivity contribution in [2.45, 2.75) is 58.4 Å². The van der Waals surface area contributed by atoms with Crippen molar-refractivity contribution >= 4 is 17.7 Å². The average molecular weight is 358 g/mol. The maximum absolute atomic E-state index is 12.4. The smallest absolute Gasteiger partial charge is 0.227 e. The lowest BCUT2D eigenvalue weighted by molar-refractivity contribution is -0.138. The van der Waals surface area contributed by atoms with Crippen molar-refractivity contribution in [2.75, 3.05) is 43.5 Å². The van der Waals surface area contributed by atoms with E-state index < -0.39 is 0 Å². The molecule has 0 aromatic carbocycles. The number of hydrogen-bond acceptors (Lipinski definition) is 5. The molecule has 0 radical (unpaired) electrons. The first-order chi connectivity index (χ1) is 12.4. The molecule has 6 heteroatoms. The number of hydrogen-bond donors (Lipinski definition) is 0. The van der Waals surface area contributed by atoms with Gasteiger partial charge in [0.15, 0.2) is 0 Å². The summed E-state index contributed by atoms with van der Waals surface area (Å²) in [5, 5.41) is 0. The molecule has 0 bridgehead atoms. The molecule has 3 heterocycles. The summed E-state index contributed by atoms with van der Waals surface area (Å²) >= 11 is 0. The predicted octanol–water partition coefficient (Wildman–Crippen LogP) is 2.53. The molecule has 26 heavy (non-hydrogen) atoms. The van der Waals surface area contributed by atoms with Gasteiger partial charge in [0.25, 0.3) is 0 Å². The molecule has 6 nitrogen and oxygen atoms in total. The van der Waals surface area contributed by atoms with Gasteiger partial charge in [-0.25, -0.2) is 4.98 Å². The fraction of sp³-hybridized carbons (Fsp3) is 0.750. The van der Waals surface area contributed by atoms with E-state index in [0.717, 1.165) is 49.9 Å². The molecular formula is C20H31N5O. The van der Waals surface area contributed by atoms with Gasteiger partial charge in [0.05, 0.1) is 0 Å². The molecule has 1 aromatic heterocycles. The molecule has 1 aromatic rings. The highest BCUT2D eigenvalue weighted by atomic mass is 16.2. The summed E-state index contributed by atoms with van der Waals surface area (Å²) in [6.07, 6.45) is 6.53. The molecule has 0 unspecified atom stereocenters. The van der Waals surface area contributed by atoms with Crippen LogP contribution in [0.2, 0.25) is 0 Å². The molecule has 3 fully saturated rings. The van der Waals surface area contributed by atoms with Gasteiger partial charge in [-0.1, -0.05) is 0 Å². The maximum Gasteiger partial charge on any atom is 0.227 e. The van der Waals surface area contributed by atoms with Crippen LogP contribution in [0.5, 0.6) is 0 Å². The van der Waals surface area contributed by atoms with Crippen LogP contribution in [0, 0.1) is 19.3 Å². The Kier molecular flexibility index (Phi) is 4.32. The number of amides is 1. The number of piperidine rings is 2. The van der Waals surface area contributed by atoms with Gasteiger partial charge in [-0.05, 0) is 46.0 Å². The standard InChI is InChI=1S/C20H31N5O/c1-14-15(2)21-19(23(3)4)22-18(14)24-11-5-9-20(12-24)10-8-17(26)25(13-20)16-6-7-16/h16H,5-13H2,1-4H3/t20-/m1/s1. The summed E-state index contributed by atoms with van der Waals surface area (Å²) in [4.78, 5) is 28.5. The first-order valence-corrected chi connectivity index (χ1v) is 9.95. The lowest BCUT2D eigenvalue weighted by Gasteiger charge is -2.49. The fourth-order valence-electron chi connectivity index (χ4n) is 4.59. The van der Waals surface area contributed by atoms with E-state index in [0.29, 0.717) is 11.9 Å². The van der Waals surface area contributed by atoms with Crippen molar-refractivity contribution < 1.29 is 4.79 Å². The maximum atomic E-state index is 12.4. The summed E-state index contributed by atoms with van der Waals surface area (Å²) in [6, 6.07) is 0.526. The van der Waals surface area contributed by atoms with Crippen molar-refractivity contribution in [3.8, 4) is 0 Å². The summed E-state index contributed by atoms with van der Waals surface area (Å²) < 4.78 is 0. The summed E-state index contributed by atoms with van der Waals surface area (Å²) in [6.45, 7) is 7.20. The third-order valence-electron chi connectivity index (χ3n) is 6.40. The van der Waals surface area contributed by atoms with Crippen molar-refractivity contribution in [1.82, 2.24) is 14.9 Å². The molecule has 1 spiro atoms. The Labute approximate surface area is 156 Å². The zero-order valence-electron chi connectivity index (χ0n) is 16.6. The van der Waals surface area contributed by atoms with E-state index >= 15 is 0 Å². The van der Waals surface area contributed by atoms with E-state index in [1.807, 2.05) is 19.0 Å². The number of carbonyl (C=O) groups is 1. The molecular weight excluding hydrogens is 326 g/mol. The van der Waals surface area contributed by atoms with Gasteiger partial charge in [0.2, 0.25) is 11.9 Å². The Morgan fingerprint density at radius 2 is 1.88 bits per heavy atom. The zero-order chi connectivity index (χ0) is 18.5. The Bertz CT molecular complexity index is 714. The van der Waals surface area contributed by atoms with E-state index in [1.54, 1.807) is 0 Å². The van der Waals surface area contributed by atoms with Gasteiger partial charge in [-0.3, -0.25) is 4.79 Å². The minimum atomic E-state index is 0.234. The molecule has 0 N–H and O–H groups in total. The Morgan fingerprint density at radius 1 is 1.12 bits per heavy atom. The Balaban J connectivity index is 1.60. The Hall–Kier alpha value is -1.85. The van der Waals surface area contributed by atoms with Gasteiger partial charge < -0.3 is 14.7 Å². The molecule has 1 amide bonds. The van der Waals surface area contributed by atoms with Crippen LogP contribution in [-0.2, 0) is 4.79 Å². The number of likely N-dealkylation sites (tertiary alicyclic amines) is 1. The molecule has 1 saturated carbocycles. The van der Waals surface area contributed by atoms with Crippen LogP contribution in [0.15, 0.2) is 0 Å². The largest absolute Gasteiger partial charge is 0.356 e. The highest BCUT2D eigenvalue weighted by Gasteiger charge is 2.46. The van der Waals surface area contributed by atoms with E-state index in [4.69, 9.17) is 4.98 Å². The number of carbonyl (C=O) groups excluding carboxylic acids is 1. The fourth-order valence-corrected chi connectivity index (χ4v) is 4.59. The van der Waals surface area contributed by atoms with Gasteiger partial charge in [-0.15, -0.1) is 0 Å². The first kappa shape index (κ1) is 17.6. The first-order valence-electron chi connectivity index (χ1n) is 9.95. The molecule has 3 aliphatic rings. The quantitative estimate of drug-likeness (QED) is 0.832. The third kappa shape index (κ3) is 3.14. The summed E-state index contributed by atoms with van der Waals surface area (Å²) in [5.41, 5.74) is 2.47. The number of aromatic nitrogens is 2. The Morgan fingerprint density at radius 3 is 2.58 bits per heavy atom. The lowest BCUT2D eigenvalue weighted by Crippen LogP contribution is -2.55. The molecule has 1 aliphatic carbocycles. The summed E-state index contributed by atoms with van der Waals surface area (Å²) in [7, 11) is 3.98. The van der Waals surface area contributed by atoms with Crippen LogP contribution in [0.1, 0.15) is 49.8 Å². The van der Waals surface area contributed by atoms with Crippen molar-refractivity contribution in [3.63, 3.8) is 0 Å². The van der Waals surface area contributed by atoms with E-state index in [1.165, 1.54) is 31.2 Å². The molecule has 1 atom stereocenters. The van der Waals surface area contributed by atoms with Crippen LogP contribution < -0.4 is 9.80 Å². The highest BCUT2D eigenvalue weighted by molar-refractivity contribution is 5.78. The lowest BCUT2D eigenvalue weighted by atomic mass is 9.73. The normalized spacial score (nSPS) is 26.5. The van der Waals surface area contributed by atoms with Crippen LogP contribution in [0.25, 0.3) is 0 Å². The van der Waals surface area contributed by atoms with Crippen LogP contribution >= 0.6 is 0 Å². The van der Waals surface area contributed by atoms with E-state index in [9.17, 15) is 4.79 Å². The van der Waals surface area contributed by atoms with Crippen LogP contribution in [-0.4, -0.2) is 60.5 Å². The molecule has 142 valence electrons. The van der Waals surface area contributed by atoms with Gasteiger partial charge >= 0.3 is 0 Å². The average Bonchev–Trinajstić information content (AvgIpc) is 3.44. The second kappa shape index (κ2) is 6.39. The zero-order valence-corrected chi connectivity index (χ0v) is 16.6. The number of anilines is 2. The number of aryl methyl sites for hydroxylation is 1. The predicted molar refractivity (Wildman–Crippen MR) is 104 cm³/mol. The SMILES string of the molecule is Cc1nc(N(C)C)nc(N2CCC[C@@]3(CCC(=O)N(C4CC4)C3)C2)c1C. The van der Waals surface area contributed by atoms with Gasteiger partial charge in [0.1, 0.15) is 5.82 Å². The van der Waals surface area contributed by atoms with Gasteiger partial charge in [-0.2, -0.15) is 4.98 Å². The number of nitrogens with zero attached hydrogens (tertiary/aromatic N) is 5. The second-order valence-electron chi connectivity index (χ2n) is 8.73. The topological polar surface area (TPSA) is 52.6 Å². The summed E-state index contributed by atoms with van der Waals surface area (Å²) in [5.74, 6) is 2.23. The van der Waals surface area contributed by atoms with E-state index in [2.05, 4.69) is 28.6 Å². The van der Waals surface area contributed by atoms with Crippen LogP contribution in [0.4, 0.5) is 11.8 Å². The van der Waals surface area contributed by atoms with Crippen molar-refractivity contribution in [1.29, 1.82) is 0 Å². The molecule has 2 aliphatic heterocycles. The second-order valence-corrected chi connectivity index (χ2v) is 8.73. The minimum Gasteiger partial charge on any atom is -0.356 e. The molecule has 2 saturated heterocycles. The molecule has 4 rings (SSSR count). The highest BCUT2D eigenvalue weighted by Crippen LogP contribution is 2.43. The third-order valence-corrected chi connectivity index (χ3v) is 6.40. The van der Waals surface area contributed by atoms with E-state index in [-0.39, 0.29) is 5.41 Å². The van der Waals surface area contributed by atoms with Gasteiger partial charge in [0, 0.05) is 62.9 Å². The monoisotopic (exact) mass is 357 g/mol. The van der Waals surface area contributed by atoms with Crippen molar-refractivity contribution in [2.24, 2.45) is 5.41 Å². The minimum absolute atomic E-state index is 0.234. The number of rotatable bonds is 3. The van der Waals surface area contributed by atoms with Crippen molar-refractivity contribution in [3.05, 3.63) is 11.3 Å². The van der Waals surface area contributed by atoms with Crippen LogP contribution in [0.3, 0.4) is 0 Å².